The van der Waals surface area contributed by atoms with Gasteiger partial charge in [-0.2, -0.15) is 0 Å². The van der Waals surface area contributed by atoms with Crippen molar-refractivity contribution in [3.63, 3.8) is 0 Å². The molecule has 1 saturated carbocycles. The maximum absolute atomic E-state index is 5.61. The number of likely N-dealkylation sites (N-methyl/N-ethyl adjacent to an activating group) is 1. The van der Waals surface area contributed by atoms with E-state index in [9.17, 15) is 0 Å². The number of likely N-dealkylation sites (tertiary alicyclic amines) is 1. The lowest BCUT2D eigenvalue weighted by atomic mass is 9.65. The molecule has 0 amide bonds. The molecule has 1 N–H and O–H groups in total. The summed E-state index contributed by atoms with van der Waals surface area (Å²) in [7, 11) is 4.19. The smallest absolute Gasteiger partial charge is 0.169 e. The molecule has 2 fully saturated rings. The Kier molecular flexibility index (Phi) is 4.12. The molecular weight excluding hydrogens is 254 g/mol. The molecule has 1 saturated heterocycles. The molecule has 1 aliphatic carbocycles. The largest absolute Gasteiger partial charge is 0.361 e. The lowest BCUT2D eigenvalue weighted by molar-refractivity contribution is 0.132. The van der Waals surface area contributed by atoms with Gasteiger partial charge in [0.15, 0.2) is 5.11 Å². The Morgan fingerprint density at radius 3 is 2.63 bits per heavy atom. The Balaban J connectivity index is 1.93. The SMILES string of the molecule is CN(C)CCNC(=S)N1C[C@@]2(C)C[C@H]1CC(C)(C)C2. The van der Waals surface area contributed by atoms with Gasteiger partial charge in [0.2, 0.25) is 0 Å². The fraction of sp³-hybridized carbons (Fsp3) is 0.933. The monoisotopic (exact) mass is 283 g/mol. The molecular formula is C15H29N3S. The first-order valence-corrected chi connectivity index (χ1v) is 7.81. The fourth-order valence-electron chi connectivity index (χ4n) is 4.19. The summed E-state index contributed by atoms with van der Waals surface area (Å²) >= 11 is 5.61. The maximum atomic E-state index is 5.61. The highest BCUT2D eigenvalue weighted by atomic mass is 32.1. The molecule has 2 bridgehead atoms. The van der Waals surface area contributed by atoms with Crippen LogP contribution in [-0.4, -0.2) is 54.7 Å². The van der Waals surface area contributed by atoms with Crippen LogP contribution in [0.25, 0.3) is 0 Å². The van der Waals surface area contributed by atoms with E-state index in [-0.39, 0.29) is 0 Å². The standard InChI is InChI=1S/C15H29N3S/c1-14(2)8-12-9-15(3,10-14)11-18(12)13(19)16-6-7-17(4)5/h12H,6-11H2,1-5H3,(H,16,19)/t12-,15+/m1/s1. The summed E-state index contributed by atoms with van der Waals surface area (Å²) in [6.07, 6.45) is 3.91. The molecule has 2 rings (SSSR count). The number of thiocarbonyl (C=S) groups is 1. The van der Waals surface area contributed by atoms with Gasteiger partial charge in [-0.05, 0) is 56.4 Å². The number of nitrogens with one attached hydrogen (secondary N) is 1. The van der Waals surface area contributed by atoms with Gasteiger partial charge in [0.25, 0.3) is 0 Å². The summed E-state index contributed by atoms with van der Waals surface area (Å²) < 4.78 is 0. The van der Waals surface area contributed by atoms with Gasteiger partial charge in [0.05, 0.1) is 0 Å². The van der Waals surface area contributed by atoms with Gasteiger partial charge in [-0.3, -0.25) is 0 Å². The number of hydrogen-bond donors (Lipinski definition) is 1. The van der Waals surface area contributed by atoms with Crippen molar-refractivity contribution in [2.75, 3.05) is 33.7 Å². The van der Waals surface area contributed by atoms with Gasteiger partial charge in [0.1, 0.15) is 0 Å². The number of rotatable bonds is 3. The lowest BCUT2D eigenvalue weighted by Gasteiger charge is -2.39. The average Bonchev–Trinajstić information content (AvgIpc) is 2.47. The summed E-state index contributed by atoms with van der Waals surface area (Å²) in [5.41, 5.74) is 0.922. The first-order valence-electron chi connectivity index (χ1n) is 7.40. The third-order valence-corrected chi connectivity index (χ3v) is 4.89. The third kappa shape index (κ3) is 3.60. The Hall–Kier alpha value is -0.350. The van der Waals surface area contributed by atoms with Crippen LogP contribution in [0.15, 0.2) is 0 Å². The van der Waals surface area contributed by atoms with Crippen molar-refractivity contribution in [3.8, 4) is 0 Å². The molecule has 0 aromatic carbocycles. The van der Waals surface area contributed by atoms with E-state index in [4.69, 9.17) is 12.2 Å². The van der Waals surface area contributed by atoms with Crippen molar-refractivity contribution >= 4 is 17.3 Å². The Bertz CT molecular complexity index is 353. The molecule has 0 aromatic heterocycles. The van der Waals surface area contributed by atoms with Gasteiger partial charge < -0.3 is 15.1 Å². The van der Waals surface area contributed by atoms with E-state index < -0.39 is 0 Å². The van der Waals surface area contributed by atoms with Crippen LogP contribution < -0.4 is 5.32 Å². The van der Waals surface area contributed by atoms with E-state index >= 15 is 0 Å². The molecule has 4 heteroatoms. The highest BCUT2D eigenvalue weighted by Crippen LogP contribution is 2.52. The average molecular weight is 283 g/mol. The topological polar surface area (TPSA) is 18.5 Å². The van der Waals surface area contributed by atoms with Crippen LogP contribution >= 0.6 is 12.2 Å². The quantitative estimate of drug-likeness (QED) is 0.801. The van der Waals surface area contributed by atoms with Gasteiger partial charge in [0, 0.05) is 25.7 Å². The van der Waals surface area contributed by atoms with E-state index in [1.807, 2.05) is 0 Å². The normalized spacial score (nSPS) is 32.7. The van der Waals surface area contributed by atoms with Gasteiger partial charge in [-0.1, -0.05) is 20.8 Å². The van der Waals surface area contributed by atoms with E-state index in [0.717, 1.165) is 24.7 Å². The van der Waals surface area contributed by atoms with Crippen LogP contribution in [0.2, 0.25) is 0 Å². The van der Waals surface area contributed by atoms with E-state index in [0.29, 0.717) is 16.9 Å². The second-order valence-electron chi connectivity index (χ2n) is 7.88. The summed E-state index contributed by atoms with van der Waals surface area (Å²) in [4.78, 5) is 4.64. The number of nitrogens with zero attached hydrogens (tertiary/aromatic N) is 2. The summed E-state index contributed by atoms with van der Waals surface area (Å²) in [6.45, 7) is 10.3. The van der Waals surface area contributed by atoms with Crippen LogP contribution in [0.5, 0.6) is 0 Å². The maximum Gasteiger partial charge on any atom is 0.169 e. The van der Waals surface area contributed by atoms with Crippen LogP contribution in [0.1, 0.15) is 40.0 Å². The van der Waals surface area contributed by atoms with Crippen molar-refractivity contribution in [1.82, 2.24) is 15.1 Å². The van der Waals surface area contributed by atoms with E-state index in [2.05, 4.69) is 50.0 Å². The Labute approximate surface area is 123 Å². The van der Waals surface area contributed by atoms with Gasteiger partial charge in [-0.25, -0.2) is 0 Å². The fourth-order valence-corrected chi connectivity index (χ4v) is 4.50. The third-order valence-electron chi connectivity index (χ3n) is 4.51. The number of hydrogen-bond acceptors (Lipinski definition) is 2. The summed E-state index contributed by atoms with van der Waals surface area (Å²) in [5, 5.41) is 4.39. The van der Waals surface area contributed by atoms with Crippen molar-refractivity contribution in [1.29, 1.82) is 0 Å². The molecule has 1 heterocycles. The Morgan fingerprint density at radius 2 is 2.00 bits per heavy atom. The van der Waals surface area contributed by atoms with Crippen LogP contribution in [-0.2, 0) is 0 Å². The molecule has 1 aliphatic heterocycles. The molecule has 0 aromatic rings. The van der Waals surface area contributed by atoms with Crippen LogP contribution in [0.4, 0.5) is 0 Å². The van der Waals surface area contributed by atoms with Crippen LogP contribution in [0.3, 0.4) is 0 Å². The zero-order valence-corrected chi connectivity index (χ0v) is 13.9. The molecule has 0 spiro atoms. The minimum Gasteiger partial charge on any atom is -0.361 e. The molecule has 0 radical (unpaired) electrons. The number of fused-ring (bicyclic) bond motifs is 2. The molecule has 0 unspecified atom stereocenters. The first-order chi connectivity index (χ1) is 8.71. The highest BCUT2D eigenvalue weighted by molar-refractivity contribution is 7.80. The van der Waals surface area contributed by atoms with Crippen LogP contribution in [0, 0.1) is 10.8 Å². The molecule has 3 nitrogen and oxygen atoms in total. The minimum atomic E-state index is 0.458. The highest BCUT2D eigenvalue weighted by Gasteiger charge is 2.50. The van der Waals surface area contributed by atoms with Crippen molar-refractivity contribution in [2.45, 2.75) is 46.1 Å². The zero-order chi connectivity index (χ0) is 14.3. The molecule has 2 aliphatic rings. The molecule has 2 atom stereocenters. The second-order valence-corrected chi connectivity index (χ2v) is 8.26. The molecule has 19 heavy (non-hydrogen) atoms. The summed E-state index contributed by atoms with van der Waals surface area (Å²) in [6, 6.07) is 0.646. The first kappa shape index (κ1) is 15.0. The lowest BCUT2D eigenvalue weighted by Crippen LogP contribution is -2.45. The Morgan fingerprint density at radius 1 is 1.32 bits per heavy atom. The van der Waals surface area contributed by atoms with Gasteiger partial charge >= 0.3 is 0 Å². The van der Waals surface area contributed by atoms with E-state index in [1.165, 1.54) is 19.3 Å². The predicted octanol–water partition coefficient (Wildman–Crippen LogP) is 2.32. The minimum absolute atomic E-state index is 0.458. The van der Waals surface area contributed by atoms with Crippen molar-refractivity contribution < 1.29 is 0 Å². The second kappa shape index (κ2) is 5.21. The predicted molar refractivity (Wildman–Crippen MR) is 85.4 cm³/mol. The van der Waals surface area contributed by atoms with Crippen molar-refractivity contribution in [2.24, 2.45) is 10.8 Å². The van der Waals surface area contributed by atoms with Crippen molar-refractivity contribution in [3.05, 3.63) is 0 Å². The molecule has 110 valence electrons. The summed E-state index contributed by atoms with van der Waals surface area (Å²) in [5.74, 6) is 0. The zero-order valence-electron chi connectivity index (χ0n) is 13.1. The van der Waals surface area contributed by atoms with E-state index in [1.54, 1.807) is 0 Å². The van der Waals surface area contributed by atoms with Gasteiger partial charge in [-0.15, -0.1) is 0 Å².